The van der Waals surface area contributed by atoms with Crippen LogP contribution in [-0.2, 0) is 0 Å². The molecule has 0 aliphatic heterocycles. The molecule has 0 aromatic rings. The van der Waals surface area contributed by atoms with Crippen LogP contribution in [0, 0.1) is 0 Å². The molecule has 0 heterocycles. The maximum atomic E-state index is 3.90. The average molecular weight is 162 g/mol. The Labute approximate surface area is 76.0 Å². The first-order chi connectivity index (χ1) is 5.57. The van der Waals surface area contributed by atoms with Crippen molar-refractivity contribution in [1.82, 2.24) is 0 Å². The molecule has 0 atom stereocenters. The quantitative estimate of drug-likeness (QED) is 0.549. The fourth-order valence-corrected chi connectivity index (χ4v) is 0.776. The molecule has 0 aromatic carbocycles. The minimum absolute atomic E-state index is 1.10. The van der Waals surface area contributed by atoms with E-state index in [1.807, 2.05) is 19.9 Å². The van der Waals surface area contributed by atoms with Crippen LogP contribution >= 0.6 is 0 Å². The van der Waals surface area contributed by atoms with Gasteiger partial charge in [0.15, 0.2) is 0 Å². The first kappa shape index (κ1) is 11.0. The molecule has 0 heteroatoms. The molecule has 0 aromatic heterocycles. The van der Waals surface area contributed by atoms with E-state index in [9.17, 15) is 0 Å². The van der Waals surface area contributed by atoms with E-state index in [0.717, 1.165) is 5.57 Å². The Kier molecular flexibility index (Phi) is 5.11. The molecule has 12 heavy (non-hydrogen) atoms. The Hall–Kier alpha value is -1.04. The SMILES string of the molecule is C=C(C)C(/C=C\C)=C\C=C(C)C. The van der Waals surface area contributed by atoms with Crippen LogP contribution < -0.4 is 0 Å². The summed E-state index contributed by atoms with van der Waals surface area (Å²) in [5, 5.41) is 0. The number of allylic oxidation sites excluding steroid dienone is 7. The van der Waals surface area contributed by atoms with Gasteiger partial charge in [0.1, 0.15) is 0 Å². The smallest absolute Gasteiger partial charge is 0.0237 e. The second-order valence-electron chi connectivity index (χ2n) is 3.15. The maximum absolute atomic E-state index is 3.90. The molecule has 0 saturated carbocycles. The lowest BCUT2D eigenvalue weighted by molar-refractivity contribution is 1.38. The van der Waals surface area contributed by atoms with E-state index in [0.29, 0.717) is 0 Å². The predicted octanol–water partition coefficient (Wildman–Crippen LogP) is 4.03. The molecular formula is C12H18. The van der Waals surface area contributed by atoms with Gasteiger partial charge >= 0.3 is 0 Å². The van der Waals surface area contributed by atoms with Gasteiger partial charge in [0.25, 0.3) is 0 Å². The van der Waals surface area contributed by atoms with Gasteiger partial charge < -0.3 is 0 Å². The first-order valence-corrected chi connectivity index (χ1v) is 4.21. The minimum atomic E-state index is 1.10. The highest BCUT2D eigenvalue weighted by Gasteiger charge is 1.89. The summed E-state index contributed by atoms with van der Waals surface area (Å²) < 4.78 is 0. The topological polar surface area (TPSA) is 0 Å². The molecule has 0 nitrogen and oxygen atoms in total. The van der Waals surface area contributed by atoms with Crippen LogP contribution in [0.4, 0.5) is 0 Å². The van der Waals surface area contributed by atoms with Crippen molar-refractivity contribution in [3.8, 4) is 0 Å². The third-order valence-electron chi connectivity index (χ3n) is 1.44. The van der Waals surface area contributed by atoms with Crippen LogP contribution in [0.3, 0.4) is 0 Å². The summed E-state index contributed by atoms with van der Waals surface area (Å²) in [5.74, 6) is 0. The molecule has 0 amide bonds. The Morgan fingerprint density at radius 2 is 1.67 bits per heavy atom. The monoisotopic (exact) mass is 162 g/mol. The van der Waals surface area contributed by atoms with Gasteiger partial charge in [-0.2, -0.15) is 0 Å². The molecule has 0 fully saturated rings. The molecule has 0 rings (SSSR count). The zero-order valence-electron chi connectivity index (χ0n) is 8.52. The van der Waals surface area contributed by atoms with E-state index in [1.165, 1.54) is 11.1 Å². The highest BCUT2D eigenvalue weighted by Crippen LogP contribution is 2.09. The summed E-state index contributed by atoms with van der Waals surface area (Å²) in [4.78, 5) is 0. The summed E-state index contributed by atoms with van der Waals surface area (Å²) in [7, 11) is 0. The fourth-order valence-electron chi connectivity index (χ4n) is 0.776. The van der Waals surface area contributed by atoms with Crippen molar-refractivity contribution in [2.45, 2.75) is 27.7 Å². The predicted molar refractivity (Wildman–Crippen MR) is 57.1 cm³/mol. The van der Waals surface area contributed by atoms with Crippen molar-refractivity contribution in [2.75, 3.05) is 0 Å². The molecule has 0 spiro atoms. The molecule has 0 unspecified atom stereocenters. The van der Waals surface area contributed by atoms with Crippen LogP contribution in [0.1, 0.15) is 27.7 Å². The zero-order valence-corrected chi connectivity index (χ0v) is 8.52. The molecule has 0 bridgehead atoms. The Bertz CT molecular complexity index is 233. The van der Waals surface area contributed by atoms with E-state index < -0.39 is 0 Å². The van der Waals surface area contributed by atoms with Crippen molar-refractivity contribution >= 4 is 0 Å². The van der Waals surface area contributed by atoms with Gasteiger partial charge in [-0.25, -0.2) is 0 Å². The summed E-state index contributed by atoms with van der Waals surface area (Å²) >= 11 is 0. The van der Waals surface area contributed by atoms with E-state index in [2.05, 4.69) is 38.7 Å². The van der Waals surface area contributed by atoms with Crippen LogP contribution in [-0.4, -0.2) is 0 Å². The Morgan fingerprint density at radius 3 is 2.00 bits per heavy atom. The zero-order chi connectivity index (χ0) is 9.56. The molecule has 0 N–H and O–H groups in total. The lowest BCUT2D eigenvalue weighted by Crippen LogP contribution is -1.77. The van der Waals surface area contributed by atoms with Gasteiger partial charge in [0.05, 0.1) is 0 Å². The second-order valence-corrected chi connectivity index (χ2v) is 3.15. The van der Waals surface area contributed by atoms with Crippen molar-refractivity contribution in [3.63, 3.8) is 0 Å². The van der Waals surface area contributed by atoms with Crippen LogP contribution in [0.5, 0.6) is 0 Å². The van der Waals surface area contributed by atoms with Crippen molar-refractivity contribution in [3.05, 3.63) is 47.6 Å². The van der Waals surface area contributed by atoms with E-state index in [1.54, 1.807) is 0 Å². The lowest BCUT2D eigenvalue weighted by atomic mass is 10.1. The third-order valence-corrected chi connectivity index (χ3v) is 1.44. The molecular weight excluding hydrogens is 144 g/mol. The summed E-state index contributed by atoms with van der Waals surface area (Å²) in [6.07, 6.45) is 8.29. The van der Waals surface area contributed by atoms with Gasteiger partial charge in [-0.3, -0.25) is 0 Å². The van der Waals surface area contributed by atoms with Crippen LogP contribution in [0.2, 0.25) is 0 Å². The van der Waals surface area contributed by atoms with Gasteiger partial charge in [-0.15, -0.1) is 0 Å². The number of rotatable bonds is 3. The lowest BCUT2D eigenvalue weighted by Gasteiger charge is -1.97. The Balaban J connectivity index is 4.62. The molecule has 0 aliphatic carbocycles. The minimum Gasteiger partial charge on any atom is -0.0955 e. The van der Waals surface area contributed by atoms with Crippen molar-refractivity contribution in [2.24, 2.45) is 0 Å². The Morgan fingerprint density at radius 1 is 1.08 bits per heavy atom. The normalized spacial score (nSPS) is 11.8. The third kappa shape index (κ3) is 4.73. The highest BCUT2D eigenvalue weighted by atomic mass is 13.9. The van der Waals surface area contributed by atoms with Crippen LogP contribution in [0.25, 0.3) is 0 Å². The number of hydrogen-bond donors (Lipinski definition) is 0. The molecule has 0 aliphatic rings. The summed E-state index contributed by atoms with van der Waals surface area (Å²) in [6.45, 7) is 12.1. The molecule has 66 valence electrons. The highest BCUT2D eigenvalue weighted by molar-refractivity contribution is 5.39. The average Bonchev–Trinajstić information content (AvgIpc) is 1.96. The van der Waals surface area contributed by atoms with E-state index in [-0.39, 0.29) is 0 Å². The van der Waals surface area contributed by atoms with Crippen molar-refractivity contribution in [1.29, 1.82) is 0 Å². The van der Waals surface area contributed by atoms with Crippen molar-refractivity contribution < 1.29 is 0 Å². The summed E-state index contributed by atoms with van der Waals surface area (Å²) in [5.41, 5.74) is 3.60. The maximum Gasteiger partial charge on any atom is -0.0237 e. The van der Waals surface area contributed by atoms with Gasteiger partial charge in [-0.05, 0) is 33.3 Å². The number of hydrogen-bond acceptors (Lipinski definition) is 0. The summed E-state index contributed by atoms with van der Waals surface area (Å²) in [6, 6.07) is 0. The van der Waals surface area contributed by atoms with Gasteiger partial charge in [0, 0.05) is 0 Å². The van der Waals surface area contributed by atoms with Crippen LogP contribution in [0.15, 0.2) is 47.6 Å². The standard InChI is InChI=1S/C12H18/c1-6-7-12(11(4)5)9-8-10(2)3/h6-9H,4H2,1-3,5H3/b7-6-,12-9-. The largest absolute Gasteiger partial charge is 0.0955 e. The van der Waals surface area contributed by atoms with E-state index in [4.69, 9.17) is 0 Å². The van der Waals surface area contributed by atoms with E-state index >= 15 is 0 Å². The van der Waals surface area contributed by atoms with Gasteiger partial charge in [0.2, 0.25) is 0 Å². The fraction of sp³-hybridized carbons (Fsp3) is 0.333. The first-order valence-electron chi connectivity index (χ1n) is 4.21. The molecule has 0 radical (unpaired) electrons. The van der Waals surface area contributed by atoms with Gasteiger partial charge in [-0.1, -0.05) is 42.0 Å². The second kappa shape index (κ2) is 5.59. The molecule has 0 saturated heterocycles.